The molecule has 0 bridgehead atoms. The van der Waals surface area contributed by atoms with Gasteiger partial charge in [-0.3, -0.25) is 4.79 Å². The Hall–Kier alpha value is -2.18. The van der Waals surface area contributed by atoms with E-state index in [1.54, 1.807) is 12.1 Å². The third kappa shape index (κ3) is 4.57. The highest BCUT2D eigenvalue weighted by Crippen LogP contribution is 2.29. The molecule has 0 fully saturated rings. The van der Waals surface area contributed by atoms with Crippen LogP contribution in [0, 0.1) is 0 Å². The number of sulfonamides is 1. The molecule has 0 aromatic heterocycles. The smallest absolute Gasteiger partial charge is 0.251 e. The zero-order valence-electron chi connectivity index (χ0n) is 15.7. The van der Waals surface area contributed by atoms with Crippen molar-refractivity contribution in [2.75, 3.05) is 0 Å². The zero-order chi connectivity index (χ0) is 19.4. The van der Waals surface area contributed by atoms with Crippen LogP contribution in [0.2, 0.25) is 0 Å². The van der Waals surface area contributed by atoms with Gasteiger partial charge >= 0.3 is 0 Å². The number of amides is 1. The number of carbonyl (C=O) groups is 1. The number of hydrogen-bond donors (Lipinski definition) is 2. The molecular formula is C21H26N2O3S. The summed E-state index contributed by atoms with van der Waals surface area (Å²) in [5, 5.41) is 3.09. The second kappa shape index (κ2) is 8.23. The van der Waals surface area contributed by atoms with Crippen LogP contribution in [0.15, 0.2) is 53.4 Å². The van der Waals surface area contributed by atoms with Gasteiger partial charge in [-0.05, 0) is 68.0 Å². The van der Waals surface area contributed by atoms with E-state index < -0.39 is 10.0 Å². The average molecular weight is 387 g/mol. The van der Waals surface area contributed by atoms with E-state index in [1.165, 1.54) is 23.3 Å². The molecule has 0 aliphatic heterocycles. The first-order valence-corrected chi connectivity index (χ1v) is 10.9. The van der Waals surface area contributed by atoms with Crippen molar-refractivity contribution in [2.45, 2.75) is 56.5 Å². The fourth-order valence-electron chi connectivity index (χ4n) is 3.35. The molecular weight excluding hydrogens is 360 g/mol. The van der Waals surface area contributed by atoms with Crippen LogP contribution in [0.4, 0.5) is 0 Å². The molecule has 2 N–H and O–H groups in total. The molecule has 2 aromatic carbocycles. The lowest BCUT2D eigenvalue weighted by Crippen LogP contribution is -2.32. The molecule has 0 saturated carbocycles. The first kappa shape index (κ1) is 19.6. The zero-order valence-corrected chi connectivity index (χ0v) is 16.6. The molecule has 0 heterocycles. The van der Waals surface area contributed by atoms with Gasteiger partial charge in [0.15, 0.2) is 0 Å². The van der Waals surface area contributed by atoms with Gasteiger partial charge in [0.25, 0.3) is 5.91 Å². The Morgan fingerprint density at radius 3 is 2.56 bits per heavy atom. The predicted octanol–water partition coefficient (Wildman–Crippen LogP) is 3.57. The second-order valence-electron chi connectivity index (χ2n) is 7.07. The molecule has 0 saturated heterocycles. The Morgan fingerprint density at radius 1 is 1.15 bits per heavy atom. The summed E-state index contributed by atoms with van der Waals surface area (Å²) in [6, 6.07) is 14.1. The SMILES string of the molecule is CC[C@@H](C)NS(=O)(=O)c1ccc(C(=O)N[C@H]2CCCc3ccccc32)cc1. The number of benzene rings is 2. The van der Waals surface area contributed by atoms with Gasteiger partial charge in [-0.25, -0.2) is 13.1 Å². The van der Waals surface area contributed by atoms with Gasteiger partial charge in [0.2, 0.25) is 10.0 Å². The van der Waals surface area contributed by atoms with E-state index >= 15 is 0 Å². The van der Waals surface area contributed by atoms with Crippen LogP contribution in [0.5, 0.6) is 0 Å². The highest BCUT2D eigenvalue weighted by atomic mass is 32.2. The maximum atomic E-state index is 12.6. The molecule has 1 amide bonds. The monoisotopic (exact) mass is 386 g/mol. The molecule has 2 aromatic rings. The highest BCUT2D eigenvalue weighted by Gasteiger charge is 2.22. The van der Waals surface area contributed by atoms with Crippen molar-refractivity contribution in [3.8, 4) is 0 Å². The quantitative estimate of drug-likeness (QED) is 0.797. The minimum atomic E-state index is -3.56. The summed E-state index contributed by atoms with van der Waals surface area (Å²) in [5.41, 5.74) is 2.92. The van der Waals surface area contributed by atoms with Crippen molar-refractivity contribution < 1.29 is 13.2 Å². The van der Waals surface area contributed by atoms with Crippen molar-refractivity contribution >= 4 is 15.9 Å². The molecule has 1 aliphatic rings. The summed E-state index contributed by atoms with van der Waals surface area (Å²) in [7, 11) is -3.56. The summed E-state index contributed by atoms with van der Waals surface area (Å²) >= 11 is 0. The van der Waals surface area contributed by atoms with E-state index in [1.807, 2.05) is 26.0 Å². The van der Waals surface area contributed by atoms with E-state index in [4.69, 9.17) is 0 Å². The van der Waals surface area contributed by atoms with Crippen LogP contribution in [0.3, 0.4) is 0 Å². The number of hydrogen-bond acceptors (Lipinski definition) is 3. The third-order valence-corrected chi connectivity index (χ3v) is 6.68. The van der Waals surface area contributed by atoms with E-state index in [-0.39, 0.29) is 22.9 Å². The molecule has 27 heavy (non-hydrogen) atoms. The van der Waals surface area contributed by atoms with E-state index in [0.717, 1.165) is 19.3 Å². The Morgan fingerprint density at radius 2 is 1.85 bits per heavy atom. The maximum Gasteiger partial charge on any atom is 0.251 e. The van der Waals surface area contributed by atoms with Crippen LogP contribution in [-0.2, 0) is 16.4 Å². The van der Waals surface area contributed by atoms with Gasteiger partial charge in [-0.15, -0.1) is 0 Å². The van der Waals surface area contributed by atoms with Crippen molar-refractivity contribution in [3.05, 3.63) is 65.2 Å². The fourth-order valence-corrected chi connectivity index (χ4v) is 4.67. The Kier molecular flexibility index (Phi) is 5.97. The van der Waals surface area contributed by atoms with Crippen molar-refractivity contribution in [2.24, 2.45) is 0 Å². The summed E-state index contributed by atoms with van der Waals surface area (Å²) in [6.45, 7) is 3.74. The Bertz CT molecular complexity index is 907. The normalized spacial score (nSPS) is 17.8. The third-order valence-electron chi connectivity index (χ3n) is 5.07. The number of carbonyl (C=O) groups excluding carboxylic acids is 1. The Labute approximate surface area is 161 Å². The summed E-state index contributed by atoms with van der Waals surface area (Å²) in [5.74, 6) is -0.185. The molecule has 1 aliphatic carbocycles. The molecule has 144 valence electrons. The molecule has 0 unspecified atom stereocenters. The summed E-state index contributed by atoms with van der Waals surface area (Å²) in [6.07, 6.45) is 3.70. The van der Waals surface area contributed by atoms with E-state index in [0.29, 0.717) is 12.0 Å². The van der Waals surface area contributed by atoms with Gasteiger partial charge in [0.05, 0.1) is 10.9 Å². The summed E-state index contributed by atoms with van der Waals surface area (Å²) < 4.78 is 27.3. The number of nitrogens with one attached hydrogen (secondary N) is 2. The number of fused-ring (bicyclic) bond motifs is 1. The lowest BCUT2D eigenvalue weighted by Gasteiger charge is -2.26. The number of aryl methyl sites for hydroxylation is 1. The largest absolute Gasteiger partial charge is 0.345 e. The fraction of sp³-hybridized carbons (Fsp3) is 0.381. The first-order chi connectivity index (χ1) is 12.9. The number of rotatable bonds is 6. The lowest BCUT2D eigenvalue weighted by molar-refractivity contribution is 0.0932. The van der Waals surface area contributed by atoms with Gasteiger partial charge in [0, 0.05) is 11.6 Å². The van der Waals surface area contributed by atoms with E-state index in [2.05, 4.69) is 22.2 Å². The van der Waals surface area contributed by atoms with E-state index in [9.17, 15) is 13.2 Å². The topological polar surface area (TPSA) is 75.3 Å². The molecule has 5 nitrogen and oxygen atoms in total. The summed E-state index contributed by atoms with van der Waals surface area (Å²) in [4.78, 5) is 12.8. The molecule has 2 atom stereocenters. The second-order valence-corrected chi connectivity index (χ2v) is 8.79. The van der Waals surface area contributed by atoms with Crippen molar-refractivity contribution in [1.82, 2.24) is 10.0 Å². The highest BCUT2D eigenvalue weighted by molar-refractivity contribution is 7.89. The molecule has 0 radical (unpaired) electrons. The van der Waals surface area contributed by atoms with Crippen LogP contribution in [-0.4, -0.2) is 20.4 Å². The first-order valence-electron chi connectivity index (χ1n) is 9.41. The predicted molar refractivity (Wildman–Crippen MR) is 106 cm³/mol. The van der Waals surface area contributed by atoms with Crippen LogP contribution in [0.25, 0.3) is 0 Å². The minimum absolute atomic E-state index is 0.00192. The molecule has 0 spiro atoms. The molecule has 6 heteroatoms. The van der Waals surface area contributed by atoms with Gasteiger partial charge < -0.3 is 5.32 Å². The van der Waals surface area contributed by atoms with Crippen molar-refractivity contribution in [1.29, 1.82) is 0 Å². The van der Waals surface area contributed by atoms with Gasteiger partial charge in [-0.1, -0.05) is 31.2 Å². The Balaban J connectivity index is 1.72. The van der Waals surface area contributed by atoms with Gasteiger partial charge in [0.1, 0.15) is 0 Å². The lowest BCUT2D eigenvalue weighted by atomic mass is 9.87. The van der Waals surface area contributed by atoms with Crippen molar-refractivity contribution in [3.63, 3.8) is 0 Å². The van der Waals surface area contributed by atoms with Crippen LogP contribution >= 0.6 is 0 Å². The van der Waals surface area contributed by atoms with Crippen LogP contribution in [0.1, 0.15) is 60.6 Å². The van der Waals surface area contributed by atoms with Gasteiger partial charge in [-0.2, -0.15) is 0 Å². The average Bonchev–Trinajstić information content (AvgIpc) is 2.68. The minimum Gasteiger partial charge on any atom is -0.345 e. The maximum absolute atomic E-state index is 12.6. The molecule has 3 rings (SSSR count). The standard InChI is InChI=1S/C21H26N2O3S/c1-3-15(2)23-27(25,26)18-13-11-17(12-14-18)21(24)22-20-10-6-8-16-7-4-5-9-19(16)20/h4-5,7,9,11-15,20,23H,3,6,8,10H2,1-2H3,(H,22,24)/t15-,20+/m1/s1. The van der Waals surface area contributed by atoms with Crippen LogP contribution < -0.4 is 10.0 Å².